The van der Waals surface area contributed by atoms with Crippen LogP contribution in [-0.4, -0.2) is 9.78 Å². The summed E-state index contributed by atoms with van der Waals surface area (Å²) in [6.45, 7) is 1.94. The number of nitrogens with two attached hydrogens (primary N) is 1. The van der Waals surface area contributed by atoms with Crippen LogP contribution in [0.25, 0.3) is 16.8 Å². The maximum Gasteiger partial charge on any atom is 0.135 e. The third-order valence-electron chi connectivity index (χ3n) is 3.30. The van der Waals surface area contributed by atoms with Gasteiger partial charge in [0.25, 0.3) is 0 Å². The molecule has 0 fully saturated rings. The molecule has 0 atom stereocenters. The molecule has 0 aliphatic carbocycles. The molecule has 106 valence electrons. The molecule has 5 heteroatoms. The van der Waals surface area contributed by atoms with E-state index in [9.17, 15) is 0 Å². The predicted molar refractivity (Wildman–Crippen MR) is 88.2 cm³/mol. The first-order chi connectivity index (χ1) is 10.1. The number of halogens is 2. The Morgan fingerprint density at radius 1 is 0.905 bits per heavy atom. The zero-order valence-electron chi connectivity index (χ0n) is 11.3. The first-order valence-electron chi connectivity index (χ1n) is 6.43. The molecule has 0 unspecified atom stereocenters. The second kappa shape index (κ2) is 5.43. The molecule has 2 aromatic carbocycles. The smallest absolute Gasteiger partial charge is 0.135 e. The molecule has 0 aliphatic rings. The Hall–Kier alpha value is -1.97. The van der Waals surface area contributed by atoms with Gasteiger partial charge < -0.3 is 5.73 Å². The molecule has 0 saturated heterocycles. The fourth-order valence-corrected chi connectivity index (χ4v) is 2.55. The molecule has 2 N–H and O–H groups in total. The summed E-state index contributed by atoms with van der Waals surface area (Å²) < 4.78 is 1.72. The van der Waals surface area contributed by atoms with Gasteiger partial charge >= 0.3 is 0 Å². The molecule has 3 rings (SSSR count). The second-order valence-corrected chi connectivity index (χ2v) is 5.61. The van der Waals surface area contributed by atoms with Crippen molar-refractivity contribution in [3.8, 4) is 16.8 Å². The van der Waals surface area contributed by atoms with E-state index in [1.807, 2.05) is 55.5 Å². The van der Waals surface area contributed by atoms with E-state index in [1.54, 1.807) is 4.68 Å². The monoisotopic (exact) mass is 317 g/mol. The first-order valence-corrected chi connectivity index (χ1v) is 7.19. The van der Waals surface area contributed by atoms with E-state index in [2.05, 4.69) is 5.10 Å². The minimum Gasteiger partial charge on any atom is -0.383 e. The number of rotatable bonds is 2. The molecule has 0 spiro atoms. The summed E-state index contributed by atoms with van der Waals surface area (Å²) >= 11 is 11.8. The van der Waals surface area contributed by atoms with Gasteiger partial charge in [-0.15, -0.1) is 0 Å². The molecule has 0 amide bonds. The fourth-order valence-electron chi connectivity index (χ4n) is 2.30. The Kier molecular flexibility index (Phi) is 3.62. The fraction of sp³-hybridized carbons (Fsp3) is 0.0625. The molecule has 0 aliphatic heterocycles. The van der Waals surface area contributed by atoms with Crippen molar-refractivity contribution >= 4 is 29.0 Å². The van der Waals surface area contributed by atoms with Crippen LogP contribution in [0, 0.1) is 6.92 Å². The Morgan fingerprint density at radius 2 is 1.43 bits per heavy atom. The Bertz CT molecular complexity index is 775. The van der Waals surface area contributed by atoms with Crippen molar-refractivity contribution in [2.75, 3.05) is 5.73 Å². The third kappa shape index (κ3) is 2.62. The number of aromatic nitrogens is 2. The molecule has 1 aromatic heterocycles. The van der Waals surface area contributed by atoms with Gasteiger partial charge in [-0.1, -0.05) is 35.3 Å². The average molecular weight is 318 g/mol. The number of hydrogen-bond acceptors (Lipinski definition) is 2. The Morgan fingerprint density at radius 3 is 2.00 bits per heavy atom. The lowest BCUT2D eigenvalue weighted by molar-refractivity contribution is 0.872. The summed E-state index contributed by atoms with van der Waals surface area (Å²) in [4.78, 5) is 0. The first kappa shape index (κ1) is 14.0. The van der Waals surface area contributed by atoms with Crippen molar-refractivity contribution in [3.63, 3.8) is 0 Å². The SMILES string of the molecule is Cc1nn(-c2ccc(Cl)cc2)c(N)c1-c1ccc(Cl)cc1. The lowest BCUT2D eigenvalue weighted by Crippen LogP contribution is -2.02. The topological polar surface area (TPSA) is 43.8 Å². The number of nitrogens with zero attached hydrogens (tertiary/aromatic N) is 2. The predicted octanol–water partition coefficient (Wildman–Crippen LogP) is 4.74. The lowest BCUT2D eigenvalue weighted by atomic mass is 10.1. The van der Waals surface area contributed by atoms with Crippen molar-refractivity contribution in [1.29, 1.82) is 0 Å². The molecule has 3 aromatic rings. The molecule has 0 bridgehead atoms. The van der Waals surface area contributed by atoms with E-state index >= 15 is 0 Å². The van der Waals surface area contributed by atoms with Crippen LogP contribution in [0.4, 0.5) is 5.82 Å². The molecule has 0 radical (unpaired) electrons. The largest absolute Gasteiger partial charge is 0.383 e. The second-order valence-electron chi connectivity index (χ2n) is 4.74. The summed E-state index contributed by atoms with van der Waals surface area (Å²) in [6, 6.07) is 15.0. The van der Waals surface area contributed by atoms with Crippen molar-refractivity contribution in [3.05, 3.63) is 64.3 Å². The zero-order valence-corrected chi connectivity index (χ0v) is 12.9. The number of aryl methyl sites for hydroxylation is 1. The standard InChI is InChI=1S/C16H13Cl2N3/c1-10-15(11-2-4-12(17)5-3-11)16(19)21(20-10)14-8-6-13(18)7-9-14/h2-9H,19H2,1H3. The van der Waals surface area contributed by atoms with Gasteiger partial charge in [0.1, 0.15) is 5.82 Å². The van der Waals surface area contributed by atoms with E-state index < -0.39 is 0 Å². The Labute approximate surface area is 132 Å². The number of hydrogen-bond donors (Lipinski definition) is 1. The van der Waals surface area contributed by atoms with Crippen LogP contribution in [0.3, 0.4) is 0 Å². The minimum atomic E-state index is 0.595. The van der Waals surface area contributed by atoms with Crippen molar-refractivity contribution < 1.29 is 0 Å². The maximum atomic E-state index is 6.28. The van der Waals surface area contributed by atoms with Gasteiger partial charge in [0, 0.05) is 15.6 Å². The quantitative estimate of drug-likeness (QED) is 0.742. The minimum absolute atomic E-state index is 0.595. The molecule has 21 heavy (non-hydrogen) atoms. The summed E-state index contributed by atoms with van der Waals surface area (Å²) in [5.41, 5.74) is 9.93. The molecular weight excluding hydrogens is 305 g/mol. The van der Waals surface area contributed by atoms with Crippen LogP contribution in [0.5, 0.6) is 0 Å². The van der Waals surface area contributed by atoms with E-state index in [1.165, 1.54) is 0 Å². The van der Waals surface area contributed by atoms with Crippen molar-refractivity contribution in [2.45, 2.75) is 6.92 Å². The van der Waals surface area contributed by atoms with Crippen molar-refractivity contribution in [1.82, 2.24) is 9.78 Å². The average Bonchev–Trinajstić information content (AvgIpc) is 2.76. The molecule has 0 saturated carbocycles. The molecular formula is C16H13Cl2N3. The summed E-state index contributed by atoms with van der Waals surface area (Å²) in [6.07, 6.45) is 0. The van der Waals surface area contributed by atoms with Gasteiger partial charge in [0.2, 0.25) is 0 Å². The van der Waals surface area contributed by atoms with Crippen LogP contribution in [-0.2, 0) is 0 Å². The lowest BCUT2D eigenvalue weighted by Gasteiger charge is -2.05. The van der Waals surface area contributed by atoms with Crippen LogP contribution in [0.15, 0.2) is 48.5 Å². The van der Waals surface area contributed by atoms with Gasteiger partial charge in [-0.05, 0) is 48.9 Å². The highest BCUT2D eigenvalue weighted by Gasteiger charge is 2.15. The Balaban J connectivity index is 2.12. The van der Waals surface area contributed by atoms with E-state index in [0.29, 0.717) is 15.9 Å². The van der Waals surface area contributed by atoms with Gasteiger partial charge in [0.05, 0.1) is 11.4 Å². The van der Waals surface area contributed by atoms with Gasteiger partial charge in [0.15, 0.2) is 0 Å². The molecule has 1 heterocycles. The van der Waals surface area contributed by atoms with Crippen LogP contribution >= 0.6 is 23.2 Å². The normalized spacial score (nSPS) is 10.8. The molecule has 3 nitrogen and oxygen atoms in total. The van der Waals surface area contributed by atoms with Crippen LogP contribution in [0.1, 0.15) is 5.69 Å². The number of benzene rings is 2. The highest BCUT2D eigenvalue weighted by molar-refractivity contribution is 6.30. The maximum absolute atomic E-state index is 6.28. The van der Waals surface area contributed by atoms with E-state index in [0.717, 1.165) is 22.5 Å². The summed E-state index contributed by atoms with van der Waals surface area (Å²) in [5.74, 6) is 0.595. The van der Waals surface area contributed by atoms with Crippen molar-refractivity contribution in [2.24, 2.45) is 0 Å². The van der Waals surface area contributed by atoms with E-state index in [4.69, 9.17) is 28.9 Å². The van der Waals surface area contributed by atoms with Gasteiger partial charge in [-0.2, -0.15) is 5.10 Å². The van der Waals surface area contributed by atoms with Gasteiger partial charge in [-0.3, -0.25) is 0 Å². The van der Waals surface area contributed by atoms with Crippen LogP contribution in [0.2, 0.25) is 10.0 Å². The highest BCUT2D eigenvalue weighted by atomic mass is 35.5. The van der Waals surface area contributed by atoms with Crippen LogP contribution < -0.4 is 5.73 Å². The highest BCUT2D eigenvalue weighted by Crippen LogP contribution is 2.32. The van der Waals surface area contributed by atoms with Gasteiger partial charge in [-0.25, -0.2) is 4.68 Å². The summed E-state index contributed by atoms with van der Waals surface area (Å²) in [7, 11) is 0. The number of nitrogen functional groups attached to an aromatic ring is 1. The number of anilines is 1. The zero-order chi connectivity index (χ0) is 15.0. The van der Waals surface area contributed by atoms with E-state index in [-0.39, 0.29) is 0 Å². The third-order valence-corrected chi connectivity index (χ3v) is 3.80. The summed E-state index contributed by atoms with van der Waals surface area (Å²) in [5, 5.41) is 5.90.